The van der Waals surface area contributed by atoms with Crippen LogP contribution >= 0.6 is 0 Å². The zero-order valence-corrected chi connectivity index (χ0v) is 10.2. The van der Waals surface area contributed by atoms with Crippen molar-refractivity contribution >= 4 is 27.7 Å². The lowest BCUT2D eigenvalue weighted by Crippen LogP contribution is -2.14. The highest BCUT2D eigenvalue weighted by Crippen LogP contribution is 2.30. The number of alkyl halides is 3. The van der Waals surface area contributed by atoms with E-state index in [0.29, 0.717) is 16.6 Å². The molecule has 0 aliphatic rings. The molecular formula is C15H9F3O2. The molecule has 0 atom stereocenters. The Balaban J connectivity index is 2.10. The first kappa shape index (κ1) is 12.7. The lowest BCUT2D eigenvalue weighted by molar-refractivity contribution is -0.125. The third-order valence-electron chi connectivity index (χ3n) is 3.06. The van der Waals surface area contributed by atoms with E-state index in [4.69, 9.17) is 4.42 Å². The molecule has 102 valence electrons. The molecule has 2 nitrogen and oxygen atoms in total. The minimum absolute atomic E-state index is 0.0429. The van der Waals surface area contributed by atoms with Gasteiger partial charge in [-0.1, -0.05) is 18.2 Å². The normalized spacial score (nSPS) is 12.2. The topological polar surface area (TPSA) is 30.2 Å². The van der Waals surface area contributed by atoms with Crippen LogP contribution in [-0.2, 0) is 0 Å². The highest BCUT2D eigenvalue weighted by Gasteiger charge is 2.31. The Labute approximate surface area is 111 Å². The number of halogens is 3. The van der Waals surface area contributed by atoms with E-state index in [0.717, 1.165) is 5.39 Å². The number of hydrogen-bond acceptors (Lipinski definition) is 2. The minimum Gasteiger partial charge on any atom is -0.456 e. The van der Waals surface area contributed by atoms with E-state index in [1.54, 1.807) is 18.2 Å². The number of benzene rings is 2. The van der Waals surface area contributed by atoms with Gasteiger partial charge in [0.25, 0.3) is 0 Å². The summed E-state index contributed by atoms with van der Waals surface area (Å²) in [6, 6.07) is 11.5. The van der Waals surface area contributed by atoms with Crippen LogP contribution in [0.1, 0.15) is 16.8 Å². The Morgan fingerprint density at radius 3 is 2.45 bits per heavy atom. The van der Waals surface area contributed by atoms with Crippen LogP contribution in [0.4, 0.5) is 13.2 Å². The van der Waals surface area contributed by atoms with Crippen LogP contribution in [-0.4, -0.2) is 12.0 Å². The molecule has 0 saturated carbocycles. The molecule has 0 aliphatic heterocycles. The van der Waals surface area contributed by atoms with Crippen LogP contribution in [0.5, 0.6) is 0 Å². The molecule has 3 rings (SSSR count). The molecule has 1 aromatic heterocycles. The second-order valence-electron chi connectivity index (χ2n) is 4.52. The summed E-state index contributed by atoms with van der Waals surface area (Å²) in [5.74, 6) is -0.940. The van der Waals surface area contributed by atoms with E-state index in [2.05, 4.69) is 0 Å². The third-order valence-corrected chi connectivity index (χ3v) is 3.06. The number of ketones is 1. The predicted octanol–water partition coefficient (Wildman–Crippen LogP) is 4.72. The number of hydrogen-bond donors (Lipinski definition) is 0. The van der Waals surface area contributed by atoms with Crippen molar-refractivity contribution in [2.75, 3.05) is 0 Å². The van der Waals surface area contributed by atoms with Gasteiger partial charge in [0.05, 0.1) is 0 Å². The van der Waals surface area contributed by atoms with Crippen molar-refractivity contribution in [3.8, 4) is 0 Å². The smallest absolute Gasteiger partial charge is 0.396 e. The van der Waals surface area contributed by atoms with E-state index in [-0.39, 0.29) is 5.56 Å². The van der Waals surface area contributed by atoms with Crippen LogP contribution in [0.15, 0.2) is 46.9 Å². The number of Topliss-reactive ketones (excluding diaryl/α,β-unsaturated/α-hetero) is 1. The van der Waals surface area contributed by atoms with Crippen molar-refractivity contribution in [2.45, 2.75) is 12.6 Å². The lowest BCUT2D eigenvalue weighted by atomic mass is 10.0. The Hall–Kier alpha value is -2.30. The largest absolute Gasteiger partial charge is 0.456 e. The molecule has 0 spiro atoms. The van der Waals surface area contributed by atoms with Gasteiger partial charge in [-0.05, 0) is 24.3 Å². The van der Waals surface area contributed by atoms with E-state index < -0.39 is 18.4 Å². The van der Waals surface area contributed by atoms with Crippen molar-refractivity contribution in [3.63, 3.8) is 0 Å². The monoisotopic (exact) mass is 278 g/mol. The van der Waals surface area contributed by atoms with Crippen LogP contribution in [0.25, 0.3) is 21.9 Å². The predicted molar refractivity (Wildman–Crippen MR) is 68.7 cm³/mol. The van der Waals surface area contributed by atoms with Gasteiger partial charge >= 0.3 is 6.18 Å². The third kappa shape index (κ3) is 2.27. The van der Waals surface area contributed by atoms with Gasteiger partial charge in [-0.25, -0.2) is 0 Å². The number of fused-ring (bicyclic) bond motifs is 3. The van der Waals surface area contributed by atoms with Gasteiger partial charge in [-0.2, -0.15) is 13.2 Å². The summed E-state index contributed by atoms with van der Waals surface area (Å²) in [6.07, 6.45) is -5.95. The van der Waals surface area contributed by atoms with E-state index in [9.17, 15) is 18.0 Å². The molecule has 3 aromatic rings. The molecule has 0 saturated heterocycles. The average molecular weight is 278 g/mol. The molecule has 0 bridgehead atoms. The molecular weight excluding hydrogens is 269 g/mol. The molecule has 1 heterocycles. The first-order valence-electron chi connectivity index (χ1n) is 5.95. The summed E-state index contributed by atoms with van der Waals surface area (Å²) >= 11 is 0. The van der Waals surface area contributed by atoms with Crippen molar-refractivity contribution in [1.29, 1.82) is 0 Å². The molecule has 0 fully saturated rings. The van der Waals surface area contributed by atoms with Gasteiger partial charge in [0, 0.05) is 16.3 Å². The molecule has 0 amide bonds. The molecule has 0 unspecified atom stereocenters. The minimum atomic E-state index is -4.50. The van der Waals surface area contributed by atoms with Gasteiger partial charge in [-0.15, -0.1) is 0 Å². The van der Waals surface area contributed by atoms with E-state index in [1.807, 2.05) is 6.07 Å². The van der Waals surface area contributed by atoms with Crippen molar-refractivity contribution in [1.82, 2.24) is 0 Å². The van der Waals surface area contributed by atoms with Crippen LogP contribution in [0.2, 0.25) is 0 Å². The Bertz CT molecular complexity index is 800. The quantitative estimate of drug-likeness (QED) is 0.635. The Morgan fingerprint density at radius 1 is 1.00 bits per heavy atom. The highest BCUT2D eigenvalue weighted by atomic mass is 19.4. The highest BCUT2D eigenvalue weighted by molar-refractivity contribution is 6.08. The summed E-state index contributed by atoms with van der Waals surface area (Å²) in [7, 11) is 0. The van der Waals surface area contributed by atoms with Crippen molar-refractivity contribution < 1.29 is 22.4 Å². The molecule has 2 aromatic carbocycles. The van der Waals surface area contributed by atoms with Gasteiger partial charge < -0.3 is 4.42 Å². The summed E-state index contributed by atoms with van der Waals surface area (Å²) in [5, 5.41) is 1.43. The van der Waals surface area contributed by atoms with Gasteiger partial charge in [0.15, 0.2) is 5.78 Å². The van der Waals surface area contributed by atoms with Crippen molar-refractivity contribution in [3.05, 3.63) is 48.0 Å². The first-order chi connectivity index (χ1) is 9.44. The van der Waals surface area contributed by atoms with Crippen molar-refractivity contribution in [2.24, 2.45) is 0 Å². The first-order valence-corrected chi connectivity index (χ1v) is 5.95. The van der Waals surface area contributed by atoms with E-state index >= 15 is 0 Å². The standard InChI is InChI=1S/C15H9F3O2/c16-15(17,18)8-12(19)9-5-6-14-11(7-9)10-3-1-2-4-13(10)20-14/h1-7H,8H2. The second-order valence-corrected chi connectivity index (χ2v) is 4.52. The molecule has 0 radical (unpaired) electrons. The number of rotatable bonds is 2. The summed E-state index contributed by atoms with van der Waals surface area (Å²) in [6.45, 7) is 0. The number of para-hydroxylation sites is 1. The van der Waals surface area contributed by atoms with Gasteiger partial charge in [0.2, 0.25) is 0 Å². The van der Waals surface area contributed by atoms with Crippen LogP contribution in [0, 0.1) is 0 Å². The molecule has 0 N–H and O–H groups in total. The van der Waals surface area contributed by atoms with Crippen LogP contribution in [0.3, 0.4) is 0 Å². The van der Waals surface area contributed by atoms with Crippen LogP contribution < -0.4 is 0 Å². The summed E-state index contributed by atoms with van der Waals surface area (Å²) in [5.41, 5.74) is 1.24. The fourth-order valence-electron chi connectivity index (χ4n) is 2.18. The lowest BCUT2D eigenvalue weighted by Gasteiger charge is -2.05. The maximum absolute atomic E-state index is 12.3. The number of carbonyl (C=O) groups excluding carboxylic acids is 1. The second kappa shape index (κ2) is 4.37. The van der Waals surface area contributed by atoms with Gasteiger partial charge in [-0.3, -0.25) is 4.79 Å². The maximum atomic E-state index is 12.3. The summed E-state index contributed by atoms with van der Waals surface area (Å²) in [4.78, 5) is 11.6. The SMILES string of the molecule is O=C(CC(F)(F)F)c1ccc2oc3ccccc3c2c1. The molecule has 0 aliphatic carbocycles. The Morgan fingerprint density at radius 2 is 1.70 bits per heavy atom. The average Bonchev–Trinajstić information content (AvgIpc) is 2.74. The fraction of sp³-hybridized carbons (Fsp3) is 0.133. The molecule has 20 heavy (non-hydrogen) atoms. The van der Waals surface area contributed by atoms with E-state index in [1.165, 1.54) is 18.2 Å². The zero-order chi connectivity index (χ0) is 14.3. The zero-order valence-electron chi connectivity index (χ0n) is 10.2. The van der Waals surface area contributed by atoms with Gasteiger partial charge in [0.1, 0.15) is 17.6 Å². The molecule has 5 heteroatoms. The summed E-state index contributed by atoms with van der Waals surface area (Å²) < 4.78 is 42.3. The number of carbonyl (C=O) groups is 1. The number of furan rings is 1. The maximum Gasteiger partial charge on any atom is 0.396 e. The Kier molecular flexibility index (Phi) is 2.78. The fourth-order valence-corrected chi connectivity index (χ4v) is 2.18.